The topological polar surface area (TPSA) is 0 Å². The molecule has 0 fully saturated rings. The summed E-state index contributed by atoms with van der Waals surface area (Å²) in [5.74, 6) is 0.528. The van der Waals surface area contributed by atoms with Crippen molar-refractivity contribution in [1.29, 1.82) is 0 Å². The highest BCUT2D eigenvalue weighted by molar-refractivity contribution is 7.19. The second-order valence-electron chi connectivity index (χ2n) is 3.18. The number of rotatable bonds is 2. The molecule has 2 aromatic rings. The van der Waals surface area contributed by atoms with Crippen LogP contribution in [-0.4, -0.2) is 0 Å². The average Bonchev–Trinajstić information content (AvgIpc) is 2.59. The Labute approximate surface area is 97.5 Å². The molecule has 0 atom stereocenters. The van der Waals surface area contributed by atoms with E-state index in [0.29, 0.717) is 5.88 Å². The van der Waals surface area contributed by atoms with Crippen molar-refractivity contribution in [3.63, 3.8) is 0 Å². The highest BCUT2D eigenvalue weighted by atomic mass is 35.5. The van der Waals surface area contributed by atoms with Crippen LogP contribution in [-0.2, 0) is 12.3 Å². The molecule has 0 aliphatic heterocycles. The Morgan fingerprint density at radius 3 is 2.71 bits per heavy atom. The quantitative estimate of drug-likeness (QED) is 0.663. The summed E-state index contributed by atoms with van der Waals surface area (Å²) in [5.41, 5.74) is 1.14. The largest absolute Gasteiger partial charge is 0.140 e. The minimum atomic E-state index is 0.528. The SMILES string of the molecule is CCc1cc2cc(Cl)cc(CCl)c2s1. The van der Waals surface area contributed by atoms with E-state index in [-0.39, 0.29) is 0 Å². The van der Waals surface area contributed by atoms with Crippen molar-refractivity contribution in [1.82, 2.24) is 0 Å². The molecular weight excluding hydrogens is 235 g/mol. The molecule has 2 rings (SSSR count). The fraction of sp³-hybridized carbons (Fsp3) is 0.273. The monoisotopic (exact) mass is 244 g/mol. The van der Waals surface area contributed by atoms with Gasteiger partial charge in [0.15, 0.2) is 0 Å². The number of hydrogen-bond acceptors (Lipinski definition) is 1. The Kier molecular flexibility index (Phi) is 3.01. The summed E-state index contributed by atoms with van der Waals surface area (Å²) in [5, 5.41) is 1.99. The van der Waals surface area contributed by atoms with Gasteiger partial charge < -0.3 is 0 Å². The highest BCUT2D eigenvalue weighted by Gasteiger charge is 2.06. The molecule has 0 unspecified atom stereocenters. The Hall–Kier alpha value is -0.240. The Balaban J connectivity index is 2.71. The zero-order valence-corrected chi connectivity index (χ0v) is 10.1. The van der Waals surface area contributed by atoms with E-state index in [1.165, 1.54) is 15.0 Å². The fourth-order valence-electron chi connectivity index (χ4n) is 1.51. The summed E-state index contributed by atoms with van der Waals surface area (Å²) >= 11 is 13.7. The van der Waals surface area contributed by atoms with Crippen LogP contribution in [0.1, 0.15) is 17.4 Å². The molecule has 0 aliphatic rings. The molecule has 0 radical (unpaired) electrons. The van der Waals surface area contributed by atoms with Crippen LogP contribution in [0.15, 0.2) is 18.2 Å². The number of fused-ring (bicyclic) bond motifs is 1. The number of benzene rings is 1. The second-order valence-corrected chi connectivity index (χ2v) is 5.02. The van der Waals surface area contributed by atoms with E-state index in [9.17, 15) is 0 Å². The van der Waals surface area contributed by atoms with E-state index in [1.54, 1.807) is 0 Å². The molecule has 0 saturated heterocycles. The predicted octanol–water partition coefficient (Wildman–Crippen LogP) is 4.86. The first kappa shape index (κ1) is 10.3. The van der Waals surface area contributed by atoms with Gasteiger partial charge in [-0.1, -0.05) is 18.5 Å². The van der Waals surface area contributed by atoms with Crippen LogP contribution in [0.3, 0.4) is 0 Å². The molecule has 0 nitrogen and oxygen atoms in total. The van der Waals surface area contributed by atoms with Crippen LogP contribution in [0.4, 0.5) is 0 Å². The third-order valence-electron chi connectivity index (χ3n) is 2.20. The highest BCUT2D eigenvalue weighted by Crippen LogP contribution is 2.32. The Bertz CT molecular complexity index is 460. The van der Waals surface area contributed by atoms with Gasteiger partial charge in [-0.25, -0.2) is 0 Å². The van der Waals surface area contributed by atoms with Gasteiger partial charge >= 0.3 is 0 Å². The maximum atomic E-state index is 6.00. The van der Waals surface area contributed by atoms with Crippen molar-refractivity contribution < 1.29 is 0 Å². The van der Waals surface area contributed by atoms with E-state index in [0.717, 1.165) is 17.0 Å². The van der Waals surface area contributed by atoms with Crippen molar-refractivity contribution >= 4 is 44.6 Å². The van der Waals surface area contributed by atoms with Crippen LogP contribution in [0, 0.1) is 0 Å². The van der Waals surface area contributed by atoms with E-state index in [2.05, 4.69) is 13.0 Å². The number of halogens is 2. The summed E-state index contributed by atoms with van der Waals surface area (Å²) in [7, 11) is 0. The molecule has 3 heteroatoms. The smallest absolute Gasteiger partial charge is 0.0488 e. The molecule has 0 aliphatic carbocycles. The minimum absolute atomic E-state index is 0.528. The van der Waals surface area contributed by atoms with Gasteiger partial charge in [-0.2, -0.15) is 0 Å². The molecule has 1 aromatic carbocycles. The van der Waals surface area contributed by atoms with Crippen molar-refractivity contribution in [2.45, 2.75) is 19.2 Å². The molecule has 0 amide bonds. The standard InChI is InChI=1S/C11H10Cl2S/c1-2-10-5-7-3-9(13)4-8(6-12)11(7)14-10/h3-5H,2,6H2,1H3. The van der Waals surface area contributed by atoms with E-state index < -0.39 is 0 Å². The summed E-state index contributed by atoms with van der Waals surface area (Å²) in [6.07, 6.45) is 1.07. The maximum absolute atomic E-state index is 6.00. The van der Waals surface area contributed by atoms with Gasteiger partial charge in [0.1, 0.15) is 0 Å². The van der Waals surface area contributed by atoms with Crippen molar-refractivity contribution in [2.24, 2.45) is 0 Å². The zero-order chi connectivity index (χ0) is 10.1. The molecule has 1 heterocycles. The third-order valence-corrected chi connectivity index (χ3v) is 4.08. The van der Waals surface area contributed by atoms with Gasteiger partial charge in [0.2, 0.25) is 0 Å². The van der Waals surface area contributed by atoms with Gasteiger partial charge in [-0.3, -0.25) is 0 Å². The molecule has 0 spiro atoms. The van der Waals surface area contributed by atoms with Crippen LogP contribution >= 0.6 is 34.5 Å². The Morgan fingerprint density at radius 1 is 1.29 bits per heavy atom. The first-order valence-corrected chi connectivity index (χ1v) is 6.24. The maximum Gasteiger partial charge on any atom is 0.0488 e. The second kappa shape index (κ2) is 4.09. The van der Waals surface area contributed by atoms with E-state index in [4.69, 9.17) is 23.2 Å². The number of alkyl halides is 1. The summed E-state index contributed by atoms with van der Waals surface area (Å²) in [4.78, 5) is 1.38. The number of aryl methyl sites for hydroxylation is 1. The third kappa shape index (κ3) is 1.77. The lowest BCUT2D eigenvalue weighted by molar-refractivity contribution is 1.19. The van der Waals surface area contributed by atoms with Gasteiger partial charge in [-0.15, -0.1) is 22.9 Å². The summed E-state index contributed by atoms with van der Waals surface area (Å²) in [6.45, 7) is 2.16. The van der Waals surface area contributed by atoms with Crippen LogP contribution in [0.25, 0.3) is 10.1 Å². The molecule has 0 saturated carbocycles. The van der Waals surface area contributed by atoms with Crippen LogP contribution < -0.4 is 0 Å². The minimum Gasteiger partial charge on any atom is -0.140 e. The van der Waals surface area contributed by atoms with Gasteiger partial charge in [0.25, 0.3) is 0 Å². The van der Waals surface area contributed by atoms with Gasteiger partial charge in [0, 0.05) is 20.5 Å². The lowest BCUT2D eigenvalue weighted by Gasteiger charge is -1.98. The van der Waals surface area contributed by atoms with E-state index in [1.807, 2.05) is 23.5 Å². The van der Waals surface area contributed by atoms with Gasteiger partial charge in [-0.05, 0) is 35.6 Å². The first-order chi connectivity index (χ1) is 6.74. The summed E-state index contributed by atoms with van der Waals surface area (Å²) in [6, 6.07) is 6.15. The number of thiophene rings is 1. The molecule has 0 N–H and O–H groups in total. The molecular formula is C11H10Cl2S. The van der Waals surface area contributed by atoms with Crippen molar-refractivity contribution in [3.8, 4) is 0 Å². The Morgan fingerprint density at radius 2 is 2.07 bits per heavy atom. The first-order valence-electron chi connectivity index (χ1n) is 4.51. The zero-order valence-electron chi connectivity index (χ0n) is 7.81. The molecule has 0 bridgehead atoms. The lowest BCUT2D eigenvalue weighted by atomic mass is 10.2. The molecule has 1 aromatic heterocycles. The van der Waals surface area contributed by atoms with Crippen LogP contribution in [0.2, 0.25) is 5.02 Å². The van der Waals surface area contributed by atoms with Crippen molar-refractivity contribution in [2.75, 3.05) is 0 Å². The fourth-order valence-corrected chi connectivity index (χ4v) is 3.14. The normalized spacial score (nSPS) is 11.1. The number of hydrogen-bond donors (Lipinski definition) is 0. The van der Waals surface area contributed by atoms with Crippen LogP contribution in [0.5, 0.6) is 0 Å². The molecule has 74 valence electrons. The summed E-state index contributed by atoms with van der Waals surface area (Å²) < 4.78 is 1.28. The average molecular weight is 245 g/mol. The van der Waals surface area contributed by atoms with Gasteiger partial charge in [0.05, 0.1) is 0 Å². The van der Waals surface area contributed by atoms with Crippen molar-refractivity contribution in [3.05, 3.63) is 33.7 Å². The lowest BCUT2D eigenvalue weighted by Crippen LogP contribution is -1.77. The molecule has 14 heavy (non-hydrogen) atoms. The predicted molar refractivity (Wildman–Crippen MR) is 65.8 cm³/mol. The van der Waals surface area contributed by atoms with E-state index >= 15 is 0 Å².